The zero-order chi connectivity index (χ0) is 10.2. The molecule has 0 bridgehead atoms. The molecule has 0 radical (unpaired) electrons. The molecule has 0 spiro atoms. The minimum atomic E-state index is -0.259. The second kappa shape index (κ2) is 3.28. The molecule has 1 aromatic heterocycles. The third kappa shape index (κ3) is 1.21. The van der Waals surface area contributed by atoms with E-state index in [0.29, 0.717) is 0 Å². The van der Waals surface area contributed by atoms with E-state index in [1.165, 1.54) is 0 Å². The van der Waals surface area contributed by atoms with E-state index in [-0.39, 0.29) is 11.5 Å². The van der Waals surface area contributed by atoms with Crippen molar-refractivity contribution in [2.24, 2.45) is 0 Å². The standard InChI is InChI=1S/C10H16N2O2/c1-3-7-8(13)12-9(11-7)10(14-2)5-4-6-10/h13H,3-6H2,1-2H3,(H,11,12). The van der Waals surface area contributed by atoms with E-state index in [9.17, 15) is 5.11 Å². The number of methoxy groups -OCH3 is 1. The number of rotatable bonds is 3. The predicted molar refractivity (Wildman–Crippen MR) is 52.2 cm³/mol. The first-order valence-electron chi connectivity index (χ1n) is 5.05. The Morgan fingerprint density at radius 1 is 1.57 bits per heavy atom. The summed E-state index contributed by atoms with van der Waals surface area (Å²) in [7, 11) is 1.70. The third-order valence-electron chi connectivity index (χ3n) is 3.09. The van der Waals surface area contributed by atoms with Gasteiger partial charge in [0.25, 0.3) is 0 Å². The minimum Gasteiger partial charge on any atom is -0.492 e. The number of aromatic hydroxyl groups is 1. The van der Waals surface area contributed by atoms with Crippen molar-refractivity contribution in [3.63, 3.8) is 0 Å². The van der Waals surface area contributed by atoms with Gasteiger partial charge in [-0.25, -0.2) is 0 Å². The smallest absolute Gasteiger partial charge is 0.232 e. The fourth-order valence-electron chi connectivity index (χ4n) is 1.90. The highest BCUT2D eigenvalue weighted by Crippen LogP contribution is 2.43. The Hall–Kier alpha value is -1.03. The molecule has 1 heterocycles. The number of hydrogen-bond acceptors (Lipinski definition) is 3. The summed E-state index contributed by atoms with van der Waals surface area (Å²) < 4.78 is 5.47. The average Bonchev–Trinajstić information content (AvgIpc) is 2.46. The topological polar surface area (TPSA) is 58.1 Å². The van der Waals surface area contributed by atoms with Crippen LogP contribution in [0.15, 0.2) is 0 Å². The first-order valence-corrected chi connectivity index (χ1v) is 5.05. The van der Waals surface area contributed by atoms with Gasteiger partial charge in [-0.15, -0.1) is 0 Å². The van der Waals surface area contributed by atoms with Gasteiger partial charge in [0, 0.05) is 7.11 Å². The van der Waals surface area contributed by atoms with Gasteiger partial charge in [0.15, 0.2) is 0 Å². The molecule has 1 aromatic rings. The number of imidazole rings is 1. The Balaban J connectivity index is 2.31. The number of H-pyrrole nitrogens is 1. The van der Waals surface area contributed by atoms with E-state index in [2.05, 4.69) is 9.97 Å². The summed E-state index contributed by atoms with van der Waals surface area (Å²) in [5, 5.41) is 9.51. The predicted octanol–water partition coefficient (Wildman–Crippen LogP) is 1.70. The van der Waals surface area contributed by atoms with Crippen LogP contribution in [0.4, 0.5) is 0 Å². The first kappa shape index (κ1) is 9.52. The van der Waals surface area contributed by atoms with Crippen LogP contribution in [0.5, 0.6) is 5.88 Å². The number of aromatic nitrogens is 2. The van der Waals surface area contributed by atoms with Gasteiger partial charge in [0.05, 0.1) is 5.69 Å². The Bertz CT molecular complexity index is 323. The lowest BCUT2D eigenvalue weighted by Crippen LogP contribution is -2.37. The highest BCUT2D eigenvalue weighted by molar-refractivity contribution is 5.23. The van der Waals surface area contributed by atoms with Crippen LogP contribution in [0.1, 0.15) is 37.7 Å². The molecule has 1 aliphatic carbocycles. The van der Waals surface area contributed by atoms with E-state index < -0.39 is 0 Å². The second-order valence-electron chi connectivity index (χ2n) is 3.79. The first-order chi connectivity index (χ1) is 6.72. The quantitative estimate of drug-likeness (QED) is 0.773. The summed E-state index contributed by atoms with van der Waals surface area (Å²) >= 11 is 0. The van der Waals surface area contributed by atoms with Crippen LogP contribution in [0.3, 0.4) is 0 Å². The van der Waals surface area contributed by atoms with Crippen molar-refractivity contribution in [1.29, 1.82) is 0 Å². The van der Waals surface area contributed by atoms with Gasteiger partial charge in [-0.1, -0.05) is 6.92 Å². The van der Waals surface area contributed by atoms with Crippen molar-refractivity contribution < 1.29 is 9.84 Å². The van der Waals surface area contributed by atoms with Crippen LogP contribution < -0.4 is 0 Å². The number of hydrogen-bond donors (Lipinski definition) is 2. The van der Waals surface area contributed by atoms with Crippen LogP contribution >= 0.6 is 0 Å². The maximum atomic E-state index is 9.51. The normalized spacial score (nSPS) is 19.3. The highest BCUT2D eigenvalue weighted by Gasteiger charge is 2.42. The monoisotopic (exact) mass is 196 g/mol. The van der Waals surface area contributed by atoms with Gasteiger partial charge in [-0.05, 0) is 25.7 Å². The Kier molecular flexibility index (Phi) is 2.23. The maximum Gasteiger partial charge on any atom is 0.232 e. The number of nitrogens with one attached hydrogen (secondary N) is 1. The summed E-state index contributed by atoms with van der Waals surface area (Å²) in [5.41, 5.74) is 0.536. The molecule has 2 rings (SSSR count). The lowest BCUT2D eigenvalue weighted by molar-refractivity contribution is -0.0842. The van der Waals surface area contributed by atoms with E-state index in [1.807, 2.05) is 6.92 Å². The van der Waals surface area contributed by atoms with Crippen LogP contribution in [-0.2, 0) is 16.8 Å². The Labute approximate surface area is 83.3 Å². The Morgan fingerprint density at radius 3 is 2.64 bits per heavy atom. The molecule has 0 aliphatic heterocycles. The highest BCUT2D eigenvalue weighted by atomic mass is 16.5. The van der Waals surface area contributed by atoms with Crippen LogP contribution in [-0.4, -0.2) is 22.2 Å². The second-order valence-corrected chi connectivity index (χ2v) is 3.79. The van der Waals surface area contributed by atoms with Crippen molar-refractivity contribution in [2.75, 3.05) is 7.11 Å². The van der Waals surface area contributed by atoms with Crippen molar-refractivity contribution in [2.45, 2.75) is 38.2 Å². The zero-order valence-corrected chi connectivity index (χ0v) is 8.63. The van der Waals surface area contributed by atoms with Crippen LogP contribution in [0.25, 0.3) is 0 Å². The molecule has 1 aliphatic rings. The lowest BCUT2D eigenvalue weighted by atomic mass is 9.79. The summed E-state index contributed by atoms with van der Waals surface area (Å²) in [5.74, 6) is 0.895. The van der Waals surface area contributed by atoms with E-state index in [0.717, 1.165) is 37.2 Å². The fourth-order valence-corrected chi connectivity index (χ4v) is 1.90. The summed E-state index contributed by atoms with van der Waals surface area (Å²) in [6.07, 6.45) is 3.90. The molecular weight excluding hydrogens is 180 g/mol. The summed E-state index contributed by atoms with van der Waals surface area (Å²) in [6, 6.07) is 0. The largest absolute Gasteiger partial charge is 0.492 e. The molecule has 0 aromatic carbocycles. The molecule has 78 valence electrons. The van der Waals surface area contributed by atoms with Crippen LogP contribution in [0, 0.1) is 0 Å². The van der Waals surface area contributed by atoms with Gasteiger partial charge < -0.3 is 14.8 Å². The number of nitrogens with zero attached hydrogens (tertiary/aromatic N) is 1. The van der Waals surface area contributed by atoms with Crippen molar-refractivity contribution in [3.05, 3.63) is 11.5 Å². The van der Waals surface area contributed by atoms with E-state index in [1.54, 1.807) is 7.11 Å². The summed E-state index contributed by atoms with van der Waals surface area (Å²) in [4.78, 5) is 7.26. The Morgan fingerprint density at radius 2 is 2.29 bits per heavy atom. The summed E-state index contributed by atoms with van der Waals surface area (Å²) in [6.45, 7) is 1.98. The number of aryl methyl sites for hydroxylation is 1. The zero-order valence-electron chi connectivity index (χ0n) is 8.63. The molecule has 2 N–H and O–H groups in total. The van der Waals surface area contributed by atoms with Gasteiger partial charge >= 0.3 is 0 Å². The molecule has 0 atom stereocenters. The van der Waals surface area contributed by atoms with Gasteiger partial charge in [0.1, 0.15) is 11.4 Å². The van der Waals surface area contributed by atoms with Gasteiger partial charge in [-0.2, -0.15) is 4.98 Å². The minimum absolute atomic E-state index is 0.117. The molecule has 14 heavy (non-hydrogen) atoms. The average molecular weight is 196 g/mol. The number of ether oxygens (including phenoxy) is 1. The van der Waals surface area contributed by atoms with E-state index in [4.69, 9.17) is 4.74 Å². The molecule has 0 amide bonds. The van der Waals surface area contributed by atoms with Crippen LogP contribution in [0.2, 0.25) is 0 Å². The van der Waals surface area contributed by atoms with Crippen molar-refractivity contribution in [1.82, 2.24) is 9.97 Å². The molecule has 1 fully saturated rings. The third-order valence-corrected chi connectivity index (χ3v) is 3.09. The SMILES string of the molecule is CCc1[nH]c(C2(OC)CCC2)nc1O. The number of aromatic amines is 1. The molecule has 4 nitrogen and oxygen atoms in total. The van der Waals surface area contributed by atoms with Gasteiger partial charge in [-0.3, -0.25) is 0 Å². The van der Waals surface area contributed by atoms with Crippen molar-refractivity contribution in [3.8, 4) is 5.88 Å². The maximum absolute atomic E-state index is 9.51. The van der Waals surface area contributed by atoms with Crippen molar-refractivity contribution >= 4 is 0 Å². The molecule has 0 unspecified atom stereocenters. The molecule has 0 saturated heterocycles. The fraction of sp³-hybridized carbons (Fsp3) is 0.700. The molecule has 4 heteroatoms. The van der Waals surface area contributed by atoms with Gasteiger partial charge in [0.2, 0.25) is 5.88 Å². The molecule has 1 saturated carbocycles. The van der Waals surface area contributed by atoms with E-state index >= 15 is 0 Å². The lowest BCUT2D eigenvalue weighted by Gasteiger charge is -2.38. The molecular formula is C10H16N2O2.